The lowest BCUT2D eigenvalue weighted by molar-refractivity contribution is -0.149. The molecule has 0 spiro atoms. The molecule has 0 aliphatic carbocycles. The van der Waals surface area contributed by atoms with E-state index in [4.69, 9.17) is 14.2 Å². The largest absolute Gasteiger partial charge is 0.466 e. The van der Waals surface area contributed by atoms with Gasteiger partial charge in [0.2, 0.25) is 0 Å². The Morgan fingerprint density at radius 2 is 2.08 bits per heavy atom. The van der Waals surface area contributed by atoms with Gasteiger partial charge in [-0.05, 0) is 32.6 Å². The molecular formula is C18H34IN3O4. The fourth-order valence-corrected chi connectivity index (χ4v) is 3.26. The number of ether oxygens (including phenoxy) is 3. The van der Waals surface area contributed by atoms with E-state index in [1.54, 1.807) is 7.05 Å². The summed E-state index contributed by atoms with van der Waals surface area (Å²) in [4.78, 5) is 18.4. The average molecular weight is 483 g/mol. The molecule has 1 atom stereocenters. The third-order valence-electron chi connectivity index (χ3n) is 4.75. The number of halogens is 1. The van der Waals surface area contributed by atoms with Crippen molar-refractivity contribution in [1.82, 2.24) is 10.2 Å². The number of nitrogens with zero attached hydrogens (tertiary/aromatic N) is 2. The van der Waals surface area contributed by atoms with Gasteiger partial charge in [-0.25, -0.2) is 0 Å². The van der Waals surface area contributed by atoms with Crippen molar-refractivity contribution >= 4 is 35.9 Å². The molecule has 0 radical (unpaired) electrons. The molecule has 2 fully saturated rings. The number of aliphatic imine (C=N–C) groups is 1. The molecule has 1 N–H and O–H groups in total. The Kier molecular flexibility index (Phi) is 12.2. The maximum atomic E-state index is 11.8. The first-order chi connectivity index (χ1) is 12.2. The summed E-state index contributed by atoms with van der Waals surface area (Å²) >= 11 is 0. The highest BCUT2D eigenvalue weighted by molar-refractivity contribution is 14.0. The molecule has 0 aromatic heterocycles. The van der Waals surface area contributed by atoms with Crippen molar-refractivity contribution in [3.63, 3.8) is 0 Å². The second kappa shape index (κ2) is 13.5. The van der Waals surface area contributed by atoms with Crippen LogP contribution in [0.1, 0.15) is 32.6 Å². The van der Waals surface area contributed by atoms with Gasteiger partial charge in [-0.3, -0.25) is 9.79 Å². The van der Waals surface area contributed by atoms with Gasteiger partial charge in [-0.1, -0.05) is 0 Å². The Labute approximate surface area is 174 Å². The van der Waals surface area contributed by atoms with Crippen LogP contribution in [0.3, 0.4) is 0 Å². The Balaban J connectivity index is 0.00000338. The molecule has 2 saturated heterocycles. The van der Waals surface area contributed by atoms with E-state index in [0.29, 0.717) is 12.5 Å². The van der Waals surface area contributed by atoms with E-state index in [2.05, 4.69) is 15.2 Å². The standard InChI is InChI=1S/C18H33N3O4.HI/c1-3-25-17(22)16-5-9-21(10-6-16)18(19-2)20-8-4-11-23-13-15-7-12-24-14-15;/h15-16H,3-14H2,1-2H3,(H,19,20);1H. The second-order valence-corrected chi connectivity index (χ2v) is 6.65. The van der Waals surface area contributed by atoms with E-state index in [9.17, 15) is 4.79 Å². The summed E-state index contributed by atoms with van der Waals surface area (Å²) in [7, 11) is 1.80. The fraction of sp³-hybridized carbons (Fsp3) is 0.889. The molecule has 2 aliphatic heterocycles. The number of likely N-dealkylation sites (tertiary alicyclic amines) is 1. The zero-order valence-corrected chi connectivity index (χ0v) is 18.4. The molecule has 0 amide bonds. The number of guanidine groups is 1. The zero-order chi connectivity index (χ0) is 17.9. The summed E-state index contributed by atoms with van der Waals surface area (Å²) < 4.78 is 16.2. The van der Waals surface area contributed by atoms with Crippen LogP contribution < -0.4 is 5.32 Å². The van der Waals surface area contributed by atoms with Crippen LogP contribution in [-0.4, -0.2) is 76.5 Å². The third kappa shape index (κ3) is 7.96. The minimum absolute atomic E-state index is 0. The van der Waals surface area contributed by atoms with Gasteiger partial charge in [0.15, 0.2) is 5.96 Å². The zero-order valence-electron chi connectivity index (χ0n) is 16.1. The van der Waals surface area contributed by atoms with Crippen molar-refractivity contribution in [2.45, 2.75) is 32.6 Å². The Bertz CT molecular complexity index is 423. The highest BCUT2D eigenvalue weighted by atomic mass is 127. The van der Waals surface area contributed by atoms with Gasteiger partial charge >= 0.3 is 5.97 Å². The van der Waals surface area contributed by atoms with Crippen molar-refractivity contribution in [3.8, 4) is 0 Å². The van der Waals surface area contributed by atoms with Crippen LogP contribution in [-0.2, 0) is 19.0 Å². The summed E-state index contributed by atoms with van der Waals surface area (Å²) in [6.45, 7) is 8.09. The number of nitrogens with one attached hydrogen (secondary N) is 1. The lowest BCUT2D eigenvalue weighted by Crippen LogP contribution is -2.47. The molecule has 0 saturated carbocycles. The van der Waals surface area contributed by atoms with E-state index in [1.165, 1.54) is 0 Å². The van der Waals surface area contributed by atoms with Gasteiger partial charge < -0.3 is 24.4 Å². The molecule has 26 heavy (non-hydrogen) atoms. The van der Waals surface area contributed by atoms with Gasteiger partial charge in [-0.15, -0.1) is 24.0 Å². The Morgan fingerprint density at radius 3 is 2.69 bits per heavy atom. The van der Waals surface area contributed by atoms with E-state index in [-0.39, 0.29) is 35.9 Å². The third-order valence-corrected chi connectivity index (χ3v) is 4.75. The molecule has 2 heterocycles. The molecule has 0 bridgehead atoms. The van der Waals surface area contributed by atoms with Gasteiger partial charge in [0, 0.05) is 45.8 Å². The van der Waals surface area contributed by atoms with Crippen LogP contribution >= 0.6 is 24.0 Å². The topological polar surface area (TPSA) is 72.4 Å². The molecule has 8 heteroatoms. The van der Waals surface area contributed by atoms with Crippen LogP contribution in [0, 0.1) is 11.8 Å². The van der Waals surface area contributed by atoms with E-state index in [0.717, 1.165) is 77.7 Å². The van der Waals surface area contributed by atoms with E-state index >= 15 is 0 Å². The molecule has 0 aromatic carbocycles. The van der Waals surface area contributed by atoms with E-state index < -0.39 is 0 Å². The summed E-state index contributed by atoms with van der Waals surface area (Å²) in [6.07, 6.45) is 3.72. The van der Waals surface area contributed by atoms with Crippen LogP contribution in [0.25, 0.3) is 0 Å². The average Bonchev–Trinajstić information content (AvgIpc) is 3.15. The maximum Gasteiger partial charge on any atom is 0.309 e. The number of rotatable bonds is 8. The smallest absolute Gasteiger partial charge is 0.309 e. The summed E-state index contributed by atoms with van der Waals surface area (Å²) in [5, 5.41) is 3.39. The highest BCUT2D eigenvalue weighted by Gasteiger charge is 2.27. The van der Waals surface area contributed by atoms with Crippen LogP contribution in [0.4, 0.5) is 0 Å². The van der Waals surface area contributed by atoms with Crippen LogP contribution in [0.2, 0.25) is 0 Å². The molecule has 2 rings (SSSR count). The lowest BCUT2D eigenvalue weighted by atomic mass is 9.97. The normalized spacial score (nSPS) is 21.4. The summed E-state index contributed by atoms with van der Waals surface area (Å²) in [5.74, 6) is 1.45. The highest BCUT2D eigenvalue weighted by Crippen LogP contribution is 2.18. The van der Waals surface area contributed by atoms with E-state index in [1.807, 2.05) is 6.92 Å². The first-order valence-corrected chi connectivity index (χ1v) is 9.52. The number of carbonyl (C=O) groups is 1. The van der Waals surface area contributed by atoms with Crippen molar-refractivity contribution in [2.24, 2.45) is 16.8 Å². The van der Waals surface area contributed by atoms with Gasteiger partial charge in [0.1, 0.15) is 0 Å². The number of hydrogen-bond donors (Lipinski definition) is 1. The Morgan fingerprint density at radius 1 is 1.31 bits per heavy atom. The fourth-order valence-electron chi connectivity index (χ4n) is 3.26. The maximum absolute atomic E-state index is 11.8. The quantitative estimate of drug-likeness (QED) is 0.187. The summed E-state index contributed by atoms with van der Waals surface area (Å²) in [6, 6.07) is 0. The molecular weight excluding hydrogens is 449 g/mol. The van der Waals surface area contributed by atoms with Crippen LogP contribution in [0.15, 0.2) is 4.99 Å². The molecule has 1 unspecified atom stereocenters. The lowest BCUT2D eigenvalue weighted by Gasteiger charge is -2.33. The SMILES string of the molecule is CCOC(=O)C1CCN(C(=NC)NCCCOCC2CCOC2)CC1.I. The number of esters is 1. The van der Waals surface area contributed by atoms with Crippen LogP contribution in [0.5, 0.6) is 0 Å². The number of carbonyl (C=O) groups excluding carboxylic acids is 1. The molecule has 2 aliphatic rings. The summed E-state index contributed by atoms with van der Waals surface area (Å²) in [5.41, 5.74) is 0. The predicted molar refractivity (Wildman–Crippen MR) is 112 cm³/mol. The minimum Gasteiger partial charge on any atom is -0.466 e. The molecule has 7 nitrogen and oxygen atoms in total. The van der Waals surface area contributed by atoms with Crippen molar-refractivity contribution in [2.75, 3.05) is 59.7 Å². The molecule has 152 valence electrons. The van der Waals surface area contributed by atoms with Crippen molar-refractivity contribution < 1.29 is 19.0 Å². The second-order valence-electron chi connectivity index (χ2n) is 6.65. The minimum atomic E-state index is -0.0603. The van der Waals surface area contributed by atoms with Gasteiger partial charge in [0.25, 0.3) is 0 Å². The van der Waals surface area contributed by atoms with Gasteiger partial charge in [-0.2, -0.15) is 0 Å². The van der Waals surface area contributed by atoms with Crippen molar-refractivity contribution in [3.05, 3.63) is 0 Å². The molecule has 0 aromatic rings. The van der Waals surface area contributed by atoms with Crippen molar-refractivity contribution in [1.29, 1.82) is 0 Å². The first-order valence-electron chi connectivity index (χ1n) is 9.52. The Hall–Kier alpha value is -0.610. The number of hydrogen-bond acceptors (Lipinski definition) is 5. The number of piperidine rings is 1. The first kappa shape index (κ1) is 23.4. The monoisotopic (exact) mass is 483 g/mol. The predicted octanol–water partition coefficient (Wildman–Crippen LogP) is 1.90. The van der Waals surface area contributed by atoms with Gasteiger partial charge in [0.05, 0.1) is 25.7 Å².